The number of aromatic nitrogens is 2. The number of nitriles is 1. The van der Waals surface area contributed by atoms with Crippen LogP contribution in [-0.4, -0.2) is 24.1 Å². The Morgan fingerprint density at radius 3 is 2.73 bits per heavy atom. The number of fused-ring (bicyclic) bond motifs is 1. The van der Waals surface area contributed by atoms with Gasteiger partial charge in [-0.3, -0.25) is 0 Å². The van der Waals surface area contributed by atoms with Gasteiger partial charge in [0.15, 0.2) is 0 Å². The van der Waals surface area contributed by atoms with E-state index < -0.39 is 0 Å². The molecular formula is C10H10N4S. The van der Waals surface area contributed by atoms with E-state index in [0.29, 0.717) is 4.88 Å². The van der Waals surface area contributed by atoms with E-state index in [2.05, 4.69) is 16.0 Å². The Bertz CT molecular complexity index is 550. The number of rotatable bonds is 1. The number of hydrogen-bond acceptors (Lipinski definition) is 5. The summed E-state index contributed by atoms with van der Waals surface area (Å²) in [5.41, 5.74) is 0.974. The largest absolute Gasteiger partial charge is 0.362 e. The van der Waals surface area contributed by atoms with Crippen LogP contribution in [0.25, 0.3) is 10.2 Å². The number of nitrogens with zero attached hydrogens (tertiary/aromatic N) is 4. The molecule has 0 saturated carbocycles. The quantitative estimate of drug-likeness (QED) is 0.734. The van der Waals surface area contributed by atoms with Crippen molar-refractivity contribution in [2.45, 2.75) is 6.92 Å². The van der Waals surface area contributed by atoms with E-state index in [1.54, 1.807) is 0 Å². The molecule has 2 aromatic rings. The predicted octanol–water partition coefficient (Wildman–Crippen LogP) is 1.94. The minimum absolute atomic E-state index is 0.716. The van der Waals surface area contributed by atoms with Crippen LogP contribution in [0.3, 0.4) is 0 Å². The average Bonchev–Trinajstić information content (AvgIpc) is 2.55. The first kappa shape index (κ1) is 9.87. The molecule has 0 fully saturated rings. The highest BCUT2D eigenvalue weighted by molar-refractivity contribution is 7.19. The third-order valence-electron chi connectivity index (χ3n) is 2.23. The molecular weight excluding hydrogens is 208 g/mol. The van der Waals surface area contributed by atoms with Crippen molar-refractivity contribution in [2.75, 3.05) is 19.0 Å². The van der Waals surface area contributed by atoms with Gasteiger partial charge in [0.2, 0.25) is 0 Å². The molecule has 0 aliphatic carbocycles. The highest BCUT2D eigenvalue weighted by Gasteiger charge is 2.14. The molecule has 0 amide bonds. The Hall–Kier alpha value is -1.67. The molecule has 0 N–H and O–H groups in total. The Balaban J connectivity index is 2.86. The summed E-state index contributed by atoms with van der Waals surface area (Å²) in [6, 6.07) is 2.18. The minimum Gasteiger partial charge on any atom is -0.362 e. The van der Waals surface area contributed by atoms with E-state index in [1.165, 1.54) is 17.7 Å². The maximum absolute atomic E-state index is 8.95. The molecule has 0 unspecified atom stereocenters. The average molecular weight is 218 g/mol. The van der Waals surface area contributed by atoms with Crippen LogP contribution < -0.4 is 4.90 Å². The molecule has 0 atom stereocenters. The first-order chi connectivity index (χ1) is 7.15. The van der Waals surface area contributed by atoms with E-state index in [9.17, 15) is 0 Å². The molecule has 5 heteroatoms. The lowest BCUT2D eigenvalue weighted by molar-refractivity contribution is 1.06. The summed E-state index contributed by atoms with van der Waals surface area (Å²) in [4.78, 5) is 11.9. The molecule has 0 aliphatic heterocycles. The molecule has 15 heavy (non-hydrogen) atoms. The Morgan fingerprint density at radius 2 is 2.13 bits per heavy atom. The van der Waals surface area contributed by atoms with Crippen LogP contribution in [0.5, 0.6) is 0 Å². The second-order valence-corrected chi connectivity index (χ2v) is 4.44. The zero-order chi connectivity index (χ0) is 11.0. The van der Waals surface area contributed by atoms with Crippen molar-refractivity contribution in [1.29, 1.82) is 5.26 Å². The van der Waals surface area contributed by atoms with Gasteiger partial charge in [0.1, 0.15) is 27.9 Å². The van der Waals surface area contributed by atoms with Gasteiger partial charge in [0.25, 0.3) is 0 Å². The molecule has 0 aromatic carbocycles. The van der Waals surface area contributed by atoms with Crippen LogP contribution >= 0.6 is 11.3 Å². The van der Waals surface area contributed by atoms with Gasteiger partial charge in [-0.1, -0.05) is 0 Å². The van der Waals surface area contributed by atoms with E-state index in [4.69, 9.17) is 5.26 Å². The molecule has 76 valence electrons. The van der Waals surface area contributed by atoms with Crippen LogP contribution in [0.2, 0.25) is 0 Å². The first-order valence-corrected chi connectivity index (χ1v) is 5.28. The molecule has 0 aliphatic rings. The number of anilines is 1. The smallest absolute Gasteiger partial charge is 0.140 e. The van der Waals surface area contributed by atoms with Gasteiger partial charge in [-0.25, -0.2) is 9.97 Å². The Kier molecular flexibility index (Phi) is 2.29. The van der Waals surface area contributed by atoms with Gasteiger partial charge in [-0.05, 0) is 12.5 Å². The minimum atomic E-state index is 0.716. The van der Waals surface area contributed by atoms with Gasteiger partial charge in [0.05, 0.1) is 5.39 Å². The van der Waals surface area contributed by atoms with Gasteiger partial charge < -0.3 is 4.90 Å². The second kappa shape index (κ2) is 3.48. The van der Waals surface area contributed by atoms with Crippen molar-refractivity contribution in [2.24, 2.45) is 0 Å². The molecule has 4 nitrogen and oxygen atoms in total. The monoisotopic (exact) mass is 218 g/mol. The van der Waals surface area contributed by atoms with Crippen molar-refractivity contribution in [3.05, 3.63) is 16.8 Å². The maximum Gasteiger partial charge on any atom is 0.140 e. The van der Waals surface area contributed by atoms with Crippen molar-refractivity contribution in [1.82, 2.24) is 9.97 Å². The van der Waals surface area contributed by atoms with Crippen molar-refractivity contribution >= 4 is 27.4 Å². The van der Waals surface area contributed by atoms with Crippen molar-refractivity contribution in [3.63, 3.8) is 0 Å². The summed E-state index contributed by atoms with van der Waals surface area (Å²) < 4.78 is 0. The molecule has 0 spiro atoms. The van der Waals surface area contributed by atoms with E-state index in [0.717, 1.165) is 21.6 Å². The lowest BCUT2D eigenvalue weighted by atomic mass is 10.2. The van der Waals surface area contributed by atoms with Crippen LogP contribution in [-0.2, 0) is 0 Å². The van der Waals surface area contributed by atoms with E-state index in [1.807, 2.05) is 25.9 Å². The summed E-state index contributed by atoms with van der Waals surface area (Å²) in [6.45, 7) is 1.94. The fourth-order valence-corrected chi connectivity index (χ4v) is 2.44. The number of hydrogen-bond donors (Lipinski definition) is 0. The van der Waals surface area contributed by atoms with Crippen LogP contribution in [0.4, 0.5) is 5.82 Å². The van der Waals surface area contributed by atoms with Gasteiger partial charge in [0, 0.05) is 14.1 Å². The van der Waals surface area contributed by atoms with Crippen molar-refractivity contribution < 1.29 is 0 Å². The standard InChI is InChI=1S/C10H10N4S/c1-6-7(4-11)15-10-8(6)9(14(2)3)12-5-13-10/h5H,1-3H3. The second-order valence-electron chi connectivity index (χ2n) is 3.44. The lowest BCUT2D eigenvalue weighted by Crippen LogP contribution is -2.11. The third kappa shape index (κ3) is 1.43. The normalized spacial score (nSPS) is 10.3. The third-order valence-corrected chi connectivity index (χ3v) is 3.34. The topological polar surface area (TPSA) is 52.8 Å². The van der Waals surface area contributed by atoms with Gasteiger partial charge in [-0.15, -0.1) is 11.3 Å². The highest BCUT2D eigenvalue weighted by Crippen LogP contribution is 2.33. The molecule has 2 rings (SSSR count). The highest BCUT2D eigenvalue weighted by atomic mass is 32.1. The summed E-state index contributed by atoms with van der Waals surface area (Å²) in [5.74, 6) is 0.871. The van der Waals surface area contributed by atoms with Gasteiger partial charge >= 0.3 is 0 Å². The van der Waals surface area contributed by atoms with Crippen LogP contribution in [0, 0.1) is 18.3 Å². The molecule has 2 heterocycles. The molecule has 0 radical (unpaired) electrons. The van der Waals surface area contributed by atoms with E-state index >= 15 is 0 Å². The fraction of sp³-hybridized carbons (Fsp3) is 0.300. The molecule has 0 saturated heterocycles. The van der Waals surface area contributed by atoms with E-state index in [-0.39, 0.29) is 0 Å². The Labute approximate surface area is 91.8 Å². The number of thiophene rings is 1. The summed E-state index contributed by atoms with van der Waals surface area (Å²) in [5, 5.41) is 9.94. The molecule has 0 bridgehead atoms. The lowest BCUT2D eigenvalue weighted by Gasteiger charge is -2.11. The first-order valence-electron chi connectivity index (χ1n) is 4.46. The van der Waals surface area contributed by atoms with Gasteiger partial charge in [-0.2, -0.15) is 5.26 Å². The maximum atomic E-state index is 8.95. The zero-order valence-electron chi connectivity index (χ0n) is 8.77. The van der Waals surface area contributed by atoms with Crippen molar-refractivity contribution in [3.8, 4) is 6.07 Å². The molecule has 2 aromatic heterocycles. The zero-order valence-corrected chi connectivity index (χ0v) is 9.59. The predicted molar refractivity (Wildman–Crippen MR) is 61.2 cm³/mol. The Morgan fingerprint density at radius 1 is 1.40 bits per heavy atom. The van der Waals surface area contributed by atoms with Crippen LogP contribution in [0.1, 0.15) is 10.4 Å². The summed E-state index contributed by atoms with van der Waals surface area (Å²) >= 11 is 1.42. The summed E-state index contributed by atoms with van der Waals surface area (Å²) in [7, 11) is 3.87. The fourth-order valence-electron chi connectivity index (χ4n) is 1.50. The number of aryl methyl sites for hydroxylation is 1. The SMILES string of the molecule is Cc1c(C#N)sc2ncnc(N(C)C)c12. The van der Waals surface area contributed by atoms with Crippen LogP contribution in [0.15, 0.2) is 6.33 Å². The summed E-state index contributed by atoms with van der Waals surface area (Å²) in [6.07, 6.45) is 1.54.